The summed E-state index contributed by atoms with van der Waals surface area (Å²) in [7, 11) is 0. The predicted octanol–water partition coefficient (Wildman–Crippen LogP) is -0.520. The second-order valence-electron chi connectivity index (χ2n) is 4.42. The lowest BCUT2D eigenvalue weighted by atomic mass is 9.81. The summed E-state index contributed by atoms with van der Waals surface area (Å²) in [6.45, 7) is 4.70. The average molecular weight is 290 g/mol. The molecule has 0 aromatic carbocycles. The van der Waals surface area contributed by atoms with Gasteiger partial charge in [-0.15, -0.1) is 0 Å². The highest BCUT2D eigenvalue weighted by Gasteiger charge is 2.58. The first-order valence-corrected chi connectivity index (χ1v) is 5.87. The average Bonchev–Trinajstić information content (AvgIpc) is 2.37. The van der Waals surface area contributed by atoms with Crippen LogP contribution < -0.4 is 5.11 Å². The molecule has 1 saturated heterocycles. The number of carboxylic acids is 1. The van der Waals surface area contributed by atoms with Crippen LogP contribution in [0.5, 0.6) is 0 Å². The van der Waals surface area contributed by atoms with Crippen molar-refractivity contribution in [1.29, 1.82) is 0 Å². The van der Waals surface area contributed by atoms with Crippen molar-refractivity contribution in [3.8, 4) is 0 Å². The number of esters is 1. The van der Waals surface area contributed by atoms with Crippen LogP contribution in [0.15, 0.2) is 12.2 Å². The molecule has 0 saturated carbocycles. The summed E-state index contributed by atoms with van der Waals surface area (Å²) in [6.07, 6.45) is -4.19. The van der Waals surface area contributed by atoms with Gasteiger partial charge in [-0.2, -0.15) is 0 Å². The highest BCUT2D eigenvalue weighted by atomic mass is 19.3. The molecule has 1 aliphatic heterocycles. The van der Waals surface area contributed by atoms with E-state index in [1.54, 1.807) is 0 Å². The fraction of sp³-hybridized carbons (Fsp3) is 0.583. The van der Waals surface area contributed by atoms with Crippen LogP contribution >= 0.6 is 0 Å². The Morgan fingerprint density at radius 2 is 2.25 bits per heavy atom. The monoisotopic (exact) mass is 290 g/mol. The minimum atomic E-state index is -3.31. The van der Waals surface area contributed by atoms with Crippen molar-refractivity contribution < 1.29 is 33.0 Å². The lowest BCUT2D eigenvalue weighted by molar-refractivity contribution is -0.313. The van der Waals surface area contributed by atoms with Crippen molar-refractivity contribution in [1.82, 2.24) is 4.90 Å². The van der Waals surface area contributed by atoms with Crippen LogP contribution in [0.3, 0.4) is 0 Å². The Hall–Kier alpha value is -1.99. The van der Waals surface area contributed by atoms with E-state index in [2.05, 4.69) is 11.3 Å². The third kappa shape index (κ3) is 2.50. The van der Waals surface area contributed by atoms with Gasteiger partial charge < -0.3 is 19.5 Å². The molecule has 2 atom stereocenters. The van der Waals surface area contributed by atoms with Gasteiger partial charge in [0.15, 0.2) is 0 Å². The number of alkyl halides is 2. The summed E-state index contributed by atoms with van der Waals surface area (Å²) >= 11 is 0. The van der Waals surface area contributed by atoms with E-state index in [1.807, 2.05) is 0 Å². The molecule has 1 rings (SSSR count). The molecule has 112 valence electrons. The van der Waals surface area contributed by atoms with Gasteiger partial charge in [-0.05, 0) is 13.3 Å². The summed E-state index contributed by atoms with van der Waals surface area (Å²) in [5.41, 5.74) is -2.55. The number of carbonyl (C=O) groups excluding carboxylic acids is 3. The standard InChI is InChI=1S/C12H15F2NO5/c1-3-20-11(19)12(10(13)14)5-7(2)4-8(9(17)18)15(12)6-16/h6,8,10H,2-5H2,1H3,(H,17,18)/p-1. The molecule has 6 nitrogen and oxygen atoms in total. The van der Waals surface area contributed by atoms with Gasteiger partial charge in [0.25, 0.3) is 6.43 Å². The molecular formula is C12H14F2NO5-. The van der Waals surface area contributed by atoms with Gasteiger partial charge in [-0.25, -0.2) is 13.6 Å². The van der Waals surface area contributed by atoms with E-state index in [4.69, 9.17) is 0 Å². The van der Waals surface area contributed by atoms with Crippen molar-refractivity contribution in [3.63, 3.8) is 0 Å². The zero-order valence-corrected chi connectivity index (χ0v) is 10.8. The first kappa shape index (κ1) is 16.1. The topological polar surface area (TPSA) is 86.7 Å². The maximum atomic E-state index is 13.4. The number of hydrogen-bond donors (Lipinski definition) is 0. The van der Waals surface area contributed by atoms with Crippen molar-refractivity contribution >= 4 is 18.3 Å². The van der Waals surface area contributed by atoms with Crippen molar-refractivity contribution in [2.24, 2.45) is 0 Å². The van der Waals surface area contributed by atoms with Gasteiger partial charge >= 0.3 is 5.97 Å². The highest BCUT2D eigenvalue weighted by Crippen LogP contribution is 2.39. The predicted molar refractivity (Wildman–Crippen MR) is 60.4 cm³/mol. The first-order chi connectivity index (χ1) is 9.31. The summed E-state index contributed by atoms with van der Waals surface area (Å²) in [5, 5.41) is 11.0. The van der Waals surface area contributed by atoms with Crippen LogP contribution in [0.4, 0.5) is 8.78 Å². The molecular weight excluding hydrogens is 276 g/mol. The minimum absolute atomic E-state index is 0.0873. The molecule has 2 unspecified atom stereocenters. The van der Waals surface area contributed by atoms with E-state index in [9.17, 15) is 28.3 Å². The number of carboxylic acid groups (broad SMARTS) is 1. The van der Waals surface area contributed by atoms with E-state index < -0.39 is 36.4 Å². The summed E-state index contributed by atoms with van der Waals surface area (Å²) in [6, 6.07) is -1.67. The van der Waals surface area contributed by atoms with Gasteiger partial charge in [0.2, 0.25) is 11.9 Å². The number of hydrogen-bond acceptors (Lipinski definition) is 5. The number of nitrogens with zero attached hydrogens (tertiary/aromatic N) is 1. The molecule has 8 heteroatoms. The number of piperidine rings is 1. The molecule has 0 aromatic rings. The van der Waals surface area contributed by atoms with E-state index in [0.717, 1.165) is 0 Å². The second-order valence-corrected chi connectivity index (χ2v) is 4.42. The van der Waals surface area contributed by atoms with Crippen molar-refractivity contribution in [3.05, 3.63) is 12.2 Å². The fourth-order valence-corrected chi connectivity index (χ4v) is 2.27. The molecule has 20 heavy (non-hydrogen) atoms. The third-order valence-corrected chi connectivity index (χ3v) is 3.17. The van der Waals surface area contributed by atoms with E-state index >= 15 is 0 Å². The third-order valence-electron chi connectivity index (χ3n) is 3.17. The van der Waals surface area contributed by atoms with E-state index in [-0.39, 0.29) is 29.9 Å². The van der Waals surface area contributed by atoms with Gasteiger partial charge in [0, 0.05) is 6.42 Å². The largest absolute Gasteiger partial charge is 0.548 e. The number of amides is 1. The Kier molecular flexibility index (Phi) is 4.80. The van der Waals surface area contributed by atoms with Crippen LogP contribution in [0.2, 0.25) is 0 Å². The molecule has 0 spiro atoms. The lowest BCUT2D eigenvalue weighted by Gasteiger charge is -2.47. The normalized spacial score (nSPS) is 26.5. The fourth-order valence-electron chi connectivity index (χ4n) is 2.27. The zero-order chi connectivity index (χ0) is 15.5. The molecule has 0 N–H and O–H groups in total. The number of rotatable bonds is 5. The smallest absolute Gasteiger partial charge is 0.338 e. The van der Waals surface area contributed by atoms with Gasteiger partial charge in [0.1, 0.15) is 0 Å². The van der Waals surface area contributed by atoms with Gasteiger partial charge in [-0.3, -0.25) is 4.79 Å². The number of aliphatic carboxylic acids is 1. The van der Waals surface area contributed by atoms with E-state index in [1.165, 1.54) is 6.92 Å². The molecule has 0 aromatic heterocycles. The Bertz CT molecular complexity index is 440. The first-order valence-electron chi connectivity index (χ1n) is 5.87. The second kappa shape index (κ2) is 5.98. The summed E-state index contributed by atoms with van der Waals surface area (Å²) in [4.78, 5) is 34.2. The number of ether oxygens (including phenoxy) is 1. The number of halogens is 2. The molecule has 0 radical (unpaired) electrons. The Morgan fingerprint density at radius 3 is 2.65 bits per heavy atom. The molecule has 0 bridgehead atoms. The van der Waals surface area contributed by atoms with E-state index in [0.29, 0.717) is 0 Å². The van der Waals surface area contributed by atoms with Crippen LogP contribution in [0.1, 0.15) is 19.8 Å². The van der Waals surface area contributed by atoms with Crippen molar-refractivity contribution in [2.45, 2.75) is 37.8 Å². The Labute approximate surface area is 114 Å². The lowest BCUT2D eigenvalue weighted by Crippen LogP contribution is -2.68. The summed E-state index contributed by atoms with van der Waals surface area (Å²) in [5.74, 6) is -3.08. The SMILES string of the molecule is C=C1CC(C(=O)[O-])N(C=O)C(C(=O)OCC)(C(F)F)C1. The van der Waals surface area contributed by atoms with Gasteiger partial charge in [-0.1, -0.05) is 12.2 Å². The zero-order valence-electron chi connectivity index (χ0n) is 10.8. The minimum Gasteiger partial charge on any atom is -0.548 e. The maximum absolute atomic E-state index is 13.4. The van der Waals surface area contributed by atoms with Crippen LogP contribution in [-0.2, 0) is 19.1 Å². The molecule has 1 amide bonds. The number of carbonyl (C=O) groups is 3. The van der Waals surface area contributed by atoms with Crippen LogP contribution in [0.25, 0.3) is 0 Å². The van der Waals surface area contributed by atoms with Crippen LogP contribution in [0, 0.1) is 0 Å². The molecule has 0 aliphatic carbocycles. The molecule has 1 heterocycles. The van der Waals surface area contributed by atoms with Crippen molar-refractivity contribution in [2.75, 3.05) is 6.61 Å². The van der Waals surface area contributed by atoms with Crippen LogP contribution in [-0.4, -0.2) is 47.9 Å². The molecule has 1 aliphatic rings. The number of likely N-dealkylation sites (tertiary alicyclic amines) is 1. The quantitative estimate of drug-likeness (QED) is 0.386. The Balaban J connectivity index is 3.36. The molecule has 1 fully saturated rings. The highest BCUT2D eigenvalue weighted by molar-refractivity contribution is 5.88. The Morgan fingerprint density at radius 1 is 1.65 bits per heavy atom. The summed E-state index contributed by atoms with van der Waals surface area (Å²) < 4.78 is 31.5. The van der Waals surface area contributed by atoms with Gasteiger partial charge in [0.05, 0.1) is 18.6 Å². The maximum Gasteiger partial charge on any atom is 0.338 e.